The van der Waals surface area contributed by atoms with Gasteiger partial charge in [0, 0.05) is 32.2 Å². The van der Waals surface area contributed by atoms with Gasteiger partial charge in [0.05, 0.1) is 11.4 Å². The SMILES string of the molecule is Cc1ccc(-c2cc(C(F)F)nc3sc(C(N)=O)c(NC(=O)c4cc5nc(C(C)(C)C)cc(C(F)(F)F)n5n4)c23)s1. The third kappa shape index (κ3) is 5.26. The van der Waals surface area contributed by atoms with Crippen molar-refractivity contribution in [2.45, 2.75) is 45.7 Å². The summed E-state index contributed by atoms with van der Waals surface area (Å²) in [5, 5.41) is 6.57. The van der Waals surface area contributed by atoms with Gasteiger partial charge in [-0.3, -0.25) is 9.59 Å². The molecular weight excluding hydrogens is 587 g/mol. The van der Waals surface area contributed by atoms with E-state index in [1.165, 1.54) is 17.4 Å². The van der Waals surface area contributed by atoms with Gasteiger partial charge >= 0.3 is 6.18 Å². The molecule has 0 aliphatic carbocycles. The van der Waals surface area contributed by atoms with Gasteiger partial charge in [-0.1, -0.05) is 20.8 Å². The van der Waals surface area contributed by atoms with Crippen LogP contribution in [-0.4, -0.2) is 31.4 Å². The smallest absolute Gasteiger partial charge is 0.365 e. The molecule has 0 saturated carbocycles. The maximum Gasteiger partial charge on any atom is 0.433 e. The Bertz CT molecular complexity index is 1850. The molecule has 5 heterocycles. The topological polar surface area (TPSA) is 115 Å². The molecule has 214 valence electrons. The number of primary amides is 1. The summed E-state index contributed by atoms with van der Waals surface area (Å²) in [5.41, 5.74) is 2.86. The minimum atomic E-state index is -4.80. The van der Waals surface area contributed by atoms with Crippen molar-refractivity contribution in [2.75, 3.05) is 5.32 Å². The Morgan fingerprint density at radius 1 is 1.05 bits per heavy atom. The van der Waals surface area contributed by atoms with Crippen LogP contribution in [0.1, 0.15) is 69.3 Å². The zero-order valence-corrected chi connectivity index (χ0v) is 23.5. The lowest BCUT2D eigenvalue weighted by atomic mass is 9.91. The minimum absolute atomic E-state index is 0.0267. The molecule has 0 aliphatic rings. The highest BCUT2D eigenvalue weighted by molar-refractivity contribution is 7.21. The van der Waals surface area contributed by atoms with E-state index in [4.69, 9.17) is 5.73 Å². The molecular formula is C26H21F5N6O2S2. The summed E-state index contributed by atoms with van der Waals surface area (Å²) in [4.78, 5) is 35.3. The second kappa shape index (κ2) is 9.83. The van der Waals surface area contributed by atoms with Crippen molar-refractivity contribution in [3.05, 3.63) is 62.9 Å². The number of fused-ring (bicyclic) bond motifs is 2. The molecule has 3 N–H and O–H groups in total. The number of carbonyl (C=O) groups is 2. The van der Waals surface area contributed by atoms with Crippen LogP contribution in [0.2, 0.25) is 0 Å². The van der Waals surface area contributed by atoms with E-state index in [1.807, 2.05) is 6.92 Å². The highest BCUT2D eigenvalue weighted by Gasteiger charge is 2.37. The van der Waals surface area contributed by atoms with Crippen LogP contribution >= 0.6 is 22.7 Å². The first kappa shape index (κ1) is 28.5. The van der Waals surface area contributed by atoms with Crippen LogP contribution < -0.4 is 11.1 Å². The number of aromatic nitrogens is 4. The van der Waals surface area contributed by atoms with Crippen LogP contribution in [0.25, 0.3) is 26.3 Å². The van der Waals surface area contributed by atoms with Gasteiger partial charge in [0.2, 0.25) is 0 Å². The Labute approximate surface area is 237 Å². The molecule has 0 aliphatic heterocycles. The van der Waals surface area contributed by atoms with Gasteiger partial charge in [-0.15, -0.1) is 22.7 Å². The van der Waals surface area contributed by atoms with E-state index in [-0.39, 0.29) is 37.7 Å². The first-order valence-electron chi connectivity index (χ1n) is 12.0. The molecule has 15 heteroatoms. The van der Waals surface area contributed by atoms with E-state index in [2.05, 4.69) is 20.4 Å². The van der Waals surface area contributed by atoms with Crippen LogP contribution in [0.5, 0.6) is 0 Å². The molecule has 5 rings (SSSR count). The van der Waals surface area contributed by atoms with Gasteiger partial charge in [0.15, 0.2) is 11.3 Å². The van der Waals surface area contributed by atoms with Crippen molar-refractivity contribution in [1.82, 2.24) is 19.6 Å². The van der Waals surface area contributed by atoms with Crippen molar-refractivity contribution in [3.8, 4) is 10.4 Å². The quantitative estimate of drug-likeness (QED) is 0.209. The molecule has 5 aromatic heterocycles. The molecule has 41 heavy (non-hydrogen) atoms. The van der Waals surface area contributed by atoms with Crippen LogP contribution in [0, 0.1) is 6.92 Å². The molecule has 0 spiro atoms. The normalized spacial score (nSPS) is 12.5. The standard InChI is InChI=1S/C26H21F5N6O2S2/c1-10-5-6-14(40-10)11-7-12(21(27)28)33-24-18(11)19(20(41-24)22(32)38)35-23(39)13-8-17-34-15(25(2,3)4)9-16(26(29,30)31)37(17)36-13/h5-9,21H,1-4H3,(H2,32,38)(H,35,39). The number of pyridine rings is 1. The fourth-order valence-corrected chi connectivity index (χ4v) is 6.05. The number of aryl methyl sites for hydroxylation is 1. The maximum absolute atomic E-state index is 13.9. The summed E-state index contributed by atoms with van der Waals surface area (Å²) in [5.74, 6) is -1.92. The van der Waals surface area contributed by atoms with Gasteiger partial charge in [0.25, 0.3) is 18.2 Å². The average molecular weight is 609 g/mol. The first-order valence-corrected chi connectivity index (χ1v) is 13.6. The van der Waals surface area contributed by atoms with Gasteiger partial charge < -0.3 is 11.1 Å². The van der Waals surface area contributed by atoms with Gasteiger partial charge in [-0.2, -0.15) is 18.3 Å². The van der Waals surface area contributed by atoms with E-state index in [0.29, 0.717) is 20.7 Å². The third-order valence-electron chi connectivity index (χ3n) is 6.09. The molecule has 0 bridgehead atoms. The number of nitrogens with two attached hydrogens (primary N) is 1. The number of thiophene rings is 2. The lowest BCUT2D eigenvalue weighted by Crippen LogP contribution is -2.20. The summed E-state index contributed by atoms with van der Waals surface area (Å²) < 4.78 is 69.7. The third-order valence-corrected chi connectivity index (χ3v) is 8.22. The number of rotatable bonds is 5. The summed E-state index contributed by atoms with van der Waals surface area (Å²) in [7, 11) is 0. The first-order chi connectivity index (χ1) is 19.0. The van der Waals surface area contributed by atoms with E-state index >= 15 is 0 Å². The summed E-state index contributed by atoms with van der Waals surface area (Å²) in [6.45, 7) is 6.92. The highest BCUT2D eigenvalue weighted by atomic mass is 32.1. The predicted octanol–water partition coefficient (Wildman–Crippen LogP) is 6.98. The molecule has 5 aromatic rings. The zero-order chi connectivity index (χ0) is 30.0. The van der Waals surface area contributed by atoms with Gasteiger partial charge in [-0.05, 0) is 31.2 Å². The second-order valence-electron chi connectivity index (χ2n) is 10.2. The Balaban J connectivity index is 1.68. The number of anilines is 1. The Kier molecular flexibility index (Phi) is 6.85. The molecule has 0 saturated heterocycles. The zero-order valence-electron chi connectivity index (χ0n) is 21.9. The van der Waals surface area contributed by atoms with Gasteiger partial charge in [-0.25, -0.2) is 23.3 Å². The summed E-state index contributed by atoms with van der Waals surface area (Å²) in [6.07, 6.45) is -7.71. The van der Waals surface area contributed by atoms with E-state index in [1.54, 1.807) is 32.9 Å². The van der Waals surface area contributed by atoms with Crippen molar-refractivity contribution in [1.29, 1.82) is 0 Å². The minimum Gasteiger partial charge on any atom is -0.365 e. The largest absolute Gasteiger partial charge is 0.433 e. The Hall–Kier alpha value is -3.98. The van der Waals surface area contributed by atoms with Crippen LogP contribution in [0.4, 0.5) is 27.6 Å². The van der Waals surface area contributed by atoms with Gasteiger partial charge in [0.1, 0.15) is 21.1 Å². The number of hydrogen-bond acceptors (Lipinski definition) is 7. The number of halogens is 5. The fraction of sp³-hybridized carbons (Fsp3) is 0.269. The Morgan fingerprint density at radius 2 is 1.76 bits per heavy atom. The number of hydrogen-bond donors (Lipinski definition) is 2. The van der Waals surface area contributed by atoms with Crippen molar-refractivity contribution >= 4 is 56.0 Å². The molecule has 0 atom stereocenters. The fourth-order valence-electron chi connectivity index (χ4n) is 4.14. The van der Waals surface area contributed by atoms with E-state index < -0.39 is 46.9 Å². The molecule has 0 aromatic carbocycles. The number of nitrogens with zero attached hydrogens (tertiary/aromatic N) is 4. The second-order valence-corrected chi connectivity index (χ2v) is 12.5. The molecule has 0 unspecified atom stereocenters. The Morgan fingerprint density at radius 3 is 2.32 bits per heavy atom. The molecule has 0 radical (unpaired) electrons. The summed E-state index contributed by atoms with van der Waals surface area (Å²) in [6, 6.07) is 6.62. The van der Waals surface area contributed by atoms with Crippen LogP contribution in [-0.2, 0) is 11.6 Å². The van der Waals surface area contributed by atoms with Crippen molar-refractivity contribution < 1.29 is 31.5 Å². The van der Waals surface area contributed by atoms with Crippen molar-refractivity contribution in [2.24, 2.45) is 5.73 Å². The lowest BCUT2D eigenvalue weighted by Gasteiger charge is -2.19. The number of alkyl halides is 5. The van der Waals surface area contributed by atoms with E-state index in [9.17, 15) is 31.5 Å². The van der Waals surface area contributed by atoms with E-state index in [0.717, 1.165) is 17.0 Å². The highest BCUT2D eigenvalue weighted by Crippen LogP contribution is 2.44. The molecule has 0 fully saturated rings. The average Bonchev–Trinajstić information content (AvgIpc) is 3.58. The number of nitrogens with one attached hydrogen (secondary N) is 1. The van der Waals surface area contributed by atoms with Crippen LogP contribution in [0.3, 0.4) is 0 Å². The molecule has 8 nitrogen and oxygen atoms in total. The van der Waals surface area contributed by atoms with Crippen LogP contribution in [0.15, 0.2) is 30.3 Å². The lowest BCUT2D eigenvalue weighted by molar-refractivity contribution is -0.142. The number of carbonyl (C=O) groups excluding carboxylic acids is 2. The summed E-state index contributed by atoms with van der Waals surface area (Å²) >= 11 is 2.02. The number of amides is 2. The maximum atomic E-state index is 13.9. The predicted molar refractivity (Wildman–Crippen MR) is 146 cm³/mol. The molecule has 2 amide bonds. The van der Waals surface area contributed by atoms with Crippen molar-refractivity contribution in [3.63, 3.8) is 0 Å². The monoisotopic (exact) mass is 608 g/mol.